The van der Waals surface area contributed by atoms with Gasteiger partial charge in [-0.05, 0) is 58.4 Å². The molecular weight excluding hydrogens is 548 g/mol. The molecule has 4 unspecified atom stereocenters. The number of nitrogens with one attached hydrogen (secondary N) is 1. The summed E-state index contributed by atoms with van der Waals surface area (Å²) in [6.45, 7) is 19.0. The highest BCUT2D eigenvalue weighted by Crippen LogP contribution is 2.72. The van der Waals surface area contributed by atoms with Crippen molar-refractivity contribution >= 4 is 16.1 Å². The van der Waals surface area contributed by atoms with E-state index in [0.29, 0.717) is 18.1 Å². The Morgan fingerprint density at radius 1 is 1.00 bits per heavy atom. The Morgan fingerprint density at radius 3 is 2.19 bits per heavy atom. The van der Waals surface area contributed by atoms with E-state index in [1.807, 2.05) is 45.7 Å². The number of ether oxygens (including phenoxy) is 2. The zero-order valence-electron chi connectivity index (χ0n) is 27.3. The van der Waals surface area contributed by atoms with Gasteiger partial charge in [0.2, 0.25) is 5.88 Å². The highest BCUT2D eigenvalue weighted by atomic mass is 32.3. The van der Waals surface area contributed by atoms with Crippen LogP contribution in [0.3, 0.4) is 0 Å². The first kappa shape index (κ1) is 35.5. The molecule has 0 saturated carbocycles. The van der Waals surface area contributed by atoms with Gasteiger partial charge in [-0.3, -0.25) is 5.01 Å². The Balaban J connectivity index is 0.00000148. The van der Waals surface area contributed by atoms with Crippen LogP contribution < -0.4 is 15.2 Å². The molecule has 2 heterocycles. The van der Waals surface area contributed by atoms with E-state index in [-0.39, 0.29) is 11.4 Å². The number of aliphatic hydroxyl groups is 1. The molecule has 9 heteroatoms. The predicted octanol–water partition coefficient (Wildman–Crippen LogP) is 7.22. The minimum Gasteiger partial charge on any atom is -0.481 e. The molecule has 0 spiro atoms. The molecule has 1 aliphatic rings. The number of rotatable bonds is 9. The number of aliphatic hydroxyl groups excluding tert-OH is 1. The zero-order chi connectivity index (χ0) is 31.5. The van der Waals surface area contributed by atoms with Crippen LogP contribution in [0.2, 0.25) is 0 Å². The molecule has 42 heavy (non-hydrogen) atoms. The maximum atomic E-state index is 11.1. The summed E-state index contributed by atoms with van der Waals surface area (Å²) >= 11 is 0. The fraction of sp³-hybridized carbons (Fsp3) is 0.515. The lowest BCUT2D eigenvalue weighted by Crippen LogP contribution is -2.45. The number of anilines is 1. The summed E-state index contributed by atoms with van der Waals surface area (Å²) in [7, 11) is 1.40. The second-order valence-corrected chi connectivity index (χ2v) is 13.9. The molecule has 1 aliphatic heterocycles. The van der Waals surface area contributed by atoms with E-state index >= 15 is 0 Å². The first-order valence-electron chi connectivity index (χ1n) is 14.9. The van der Waals surface area contributed by atoms with Crippen molar-refractivity contribution in [3.05, 3.63) is 72.1 Å². The van der Waals surface area contributed by atoms with Crippen molar-refractivity contribution in [2.45, 2.75) is 102 Å². The minimum atomic E-state index is -1.98. The highest BCUT2D eigenvalue weighted by molar-refractivity contribution is 8.31. The molecule has 0 aliphatic carbocycles. The molecule has 2 aromatic carbocycles. The van der Waals surface area contributed by atoms with Crippen LogP contribution >= 0.6 is 10.3 Å². The molecule has 1 saturated heterocycles. The average Bonchev–Trinajstić information content (AvgIpc) is 3.37. The number of benzene rings is 2. The lowest BCUT2D eigenvalue weighted by Gasteiger charge is -2.51. The molecule has 0 radical (unpaired) electrons. The second kappa shape index (κ2) is 16.2. The van der Waals surface area contributed by atoms with Crippen molar-refractivity contribution in [1.29, 1.82) is 0 Å². The Labute approximate surface area is 255 Å². The van der Waals surface area contributed by atoms with Crippen molar-refractivity contribution < 1.29 is 18.8 Å². The van der Waals surface area contributed by atoms with Gasteiger partial charge < -0.3 is 18.8 Å². The molecule has 3 aromatic rings. The van der Waals surface area contributed by atoms with E-state index < -0.39 is 28.7 Å². The van der Waals surface area contributed by atoms with Gasteiger partial charge in [0.1, 0.15) is 18.7 Å². The summed E-state index contributed by atoms with van der Waals surface area (Å²) in [5.41, 5.74) is 5.13. The summed E-state index contributed by atoms with van der Waals surface area (Å²) in [6, 6.07) is 18.9. The fourth-order valence-corrected chi connectivity index (χ4v) is 8.97. The fourth-order valence-electron chi connectivity index (χ4n) is 5.06. The molecule has 1 aromatic heterocycles. The Morgan fingerprint density at radius 2 is 1.62 bits per heavy atom. The van der Waals surface area contributed by atoms with Gasteiger partial charge >= 0.3 is 0 Å². The van der Waals surface area contributed by atoms with E-state index in [2.05, 4.69) is 91.6 Å². The summed E-state index contributed by atoms with van der Waals surface area (Å²) in [4.78, 5) is 11.0. The lowest BCUT2D eigenvalue weighted by molar-refractivity contribution is -0.0167. The van der Waals surface area contributed by atoms with E-state index in [4.69, 9.17) is 13.7 Å². The summed E-state index contributed by atoms with van der Waals surface area (Å²) in [5.74, 6) is 1.13. The van der Waals surface area contributed by atoms with Gasteiger partial charge in [-0.2, -0.15) is 0 Å². The Kier molecular flexibility index (Phi) is 13.7. The van der Waals surface area contributed by atoms with E-state index in [0.717, 1.165) is 10.5 Å². The summed E-state index contributed by atoms with van der Waals surface area (Å²) < 4.78 is 18.6. The number of aryl methyl sites for hydroxylation is 1. The minimum absolute atomic E-state index is 0.227. The third-order valence-corrected chi connectivity index (χ3v) is 11.1. The van der Waals surface area contributed by atoms with Crippen LogP contribution in [0, 0.1) is 13.8 Å². The van der Waals surface area contributed by atoms with Gasteiger partial charge in [-0.1, -0.05) is 74.4 Å². The number of nitrogens with zero attached hydrogens (tertiary/aromatic N) is 3. The van der Waals surface area contributed by atoms with Crippen molar-refractivity contribution in [1.82, 2.24) is 15.4 Å². The molecule has 4 rings (SSSR count). The van der Waals surface area contributed by atoms with E-state index in [1.165, 1.54) is 16.8 Å². The van der Waals surface area contributed by atoms with Crippen molar-refractivity contribution in [3.8, 4) is 5.88 Å². The Bertz CT molecular complexity index is 1220. The zero-order valence-corrected chi connectivity index (χ0v) is 28.2. The number of methoxy groups -OCH3 is 1. The number of hydrazine groups is 1. The molecule has 1 fully saturated rings. The topological polar surface area (TPSA) is 89.0 Å². The summed E-state index contributed by atoms with van der Waals surface area (Å²) in [6.07, 6.45) is 0.192. The van der Waals surface area contributed by atoms with Gasteiger partial charge in [0.25, 0.3) is 0 Å². The number of aromatic nitrogens is 2. The van der Waals surface area contributed by atoms with Crippen molar-refractivity contribution in [3.63, 3.8) is 0 Å². The standard InChI is InChI=1S/C29H40N4O4S.2C2H6/c1-20-13-11-12-16-25(20)38(29(3,4)5,22-14-9-8-10-15-22)36-18-24-23(34)17-26(37-24)33(30-6)27-21(2)28(35-7)32-19-31-27;2*1-2/h8-16,19,23-24,26,30,34H,17-18H2,1-7H3;2*1-2H3. The predicted molar refractivity (Wildman–Crippen MR) is 174 cm³/mol. The van der Waals surface area contributed by atoms with Crippen molar-refractivity contribution in [2.75, 3.05) is 25.8 Å². The van der Waals surface area contributed by atoms with E-state index in [1.54, 1.807) is 14.2 Å². The van der Waals surface area contributed by atoms with Crippen molar-refractivity contribution in [2.24, 2.45) is 0 Å². The molecule has 0 bridgehead atoms. The lowest BCUT2D eigenvalue weighted by atomic mass is 10.2. The largest absolute Gasteiger partial charge is 0.481 e. The molecule has 4 atom stereocenters. The Hall–Kier alpha value is -2.69. The molecule has 234 valence electrons. The molecule has 8 nitrogen and oxygen atoms in total. The smallest absolute Gasteiger partial charge is 0.221 e. The van der Waals surface area contributed by atoms with Crippen LogP contribution in [0.15, 0.2) is 70.7 Å². The third-order valence-electron chi connectivity index (χ3n) is 6.92. The average molecular weight is 601 g/mol. The maximum absolute atomic E-state index is 11.1. The van der Waals surface area contributed by atoms with Gasteiger partial charge in [0, 0.05) is 28.0 Å². The van der Waals surface area contributed by atoms with Gasteiger partial charge in [-0.25, -0.2) is 15.4 Å². The van der Waals surface area contributed by atoms with E-state index in [9.17, 15) is 5.11 Å². The van der Waals surface area contributed by atoms with Crippen LogP contribution in [0.4, 0.5) is 5.82 Å². The third kappa shape index (κ3) is 7.44. The number of hydrogen-bond donors (Lipinski definition) is 2. The normalized spacial score (nSPS) is 20.2. The number of hydrogen-bond acceptors (Lipinski definition) is 8. The monoisotopic (exact) mass is 600 g/mol. The van der Waals surface area contributed by atoms with Crippen LogP contribution in [0.25, 0.3) is 0 Å². The van der Waals surface area contributed by atoms with Crippen LogP contribution in [-0.4, -0.2) is 59.0 Å². The van der Waals surface area contributed by atoms with Crippen LogP contribution in [0.1, 0.15) is 66.0 Å². The first-order valence-corrected chi connectivity index (χ1v) is 16.4. The van der Waals surface area contributed by atoms with Gasteiger partial charge in [0.15, 0.2) is 5.82 Å². The maximum Gasteiger partial charge on any atom is 0.221 e. The van der Waals surface area contributed by atoms with Gasteiger partial charge in [-0.15, -0.1) is 0 Å². The van der Waals surface area contributed by atoms with Crippen LogP contribution in [0.5, 0.6) is 5.88 Å². The first-order chi connectivity index (χ1) is 20.1. The van der Waals surface area contributed by atoms with Crippen LogP contribution in [-0.2, 0) is 8.92 Å². The molecule has 2 N–H and O–H groups in total. The van der Waals surface area contributed by atoms with Gasteiger partial charge in [0.05, 0.1) is 25.4 Å². The quantitative estimate of drug-likeness (QED) is 0.249. The molecule has 0 amide bonds. The highest BCUT2D eigenvalue weighted by Gasteiger charge is 2.45. The summed E-state index contributed by atoms with van der Waals surface area (Å²) in [5, 5.41) is 12.9. The molecular formula is C33H52N4O4S. The SMILES string of the molecule is CC.CC.CNN(c1ncnc(OC)c1C)C1CC(O)C(COS(c2ccccc2)(c2ccccc2C)C(C)(C)C)O1. The second-order valence-electron chi connectivity index (χ2n) is 10.4.